The molecule has 6 nitrogen and oxygen atoms in total. The molecule has 0 aliphatic heterocycles. The van der Waals surface area contributed by atoms with Crippen LogP contribution in [0.3, 0.4) is 0 Å². The Morgan fingerprint density at radius 1 is 1.19 bits per heavy atom. The van der Waals surface area contributed by atoms with Crippen LogP contribution in [0.2, 0.25) is 0 Å². The fraction of sp³-hybridized carbons (Fsp3) is 0.0714. The van der Waals surface area contributed by atoms with Crippen molar-refractivity contribution in [3.63, 3.8) is 0 Å². The number of carbonyl (C=O) groups excluding carboxylic acids is 1. The van der Waals surface area contributed by atoms with Crippen molar-refractivity contribution in [2.24, 2.45) is 0 Å². The van der Waals surface area contributed by atoms with Gasteiger partial charge in [0.1, 0.15) is 4.70 Å². The lowest BCUT2D eigenvalue weighted by Gasteiger charge is -2.07. The number of hydrogen-bond donors (Lipinski definition) is 1. The van der Waals surface area contributed by atoms with Crippen molar-refractivity contribution in [2.75, 3.05) is 0 Å². The lowest BCUT2D eigenvalue weighted by atomic mass is 10.1. The van der Waals surface area contributed by atoms with E-state index in [1.165, 1.54) is 23.5 Å². The summed E-state index contributed by atoms with van der Waals surface area (Å²) in [4.78, 5) is 37.5. The number of aliphatic carboxylic acids is 1. The molecule has 0 saturated carbocycles. The van der Waals surface area contributed by atoms with Crippen molar-refractivity contribution >= 4 is 27.5 Å². The van der Waals surface area contributed by atoms with Gasteiger partial charge < -0.3 is 14.9 Å². The van der Waals surface area contributed by atoms with Gasteiger partial charge in [0.15, 0.2) is 0 Å². The van der Waals surface area contributed by atoms with E-state index in [0.29, 0.717) is 21.5 Å². The number of rotatable bonds is 3. The molecule has 1 aromatic carbocycles. The smallest absolute Gasteiger partial charge is 0.333 e. The van der Waals surface area contributed by atoms with Crippen LogP contribution in [0.1, 0.15) is 5.56 Å². The number of carboxylic acid groups (broad SMARTS) is 1. The molecule has 106 valence electrons. The van der Waals surface area contributed by atoms with E-state index in [-0.39, 0.29) is 6.42 Å². The summed E-state index contributed by atoms with van der Waals surface area (Å²) < 4.78 is 1.50. The van der Waals surface area contributed by atoms with Gasteiger partial charge in [0, 0.05) is 12.4 Å². The van der Waals surface area contributed by atoms with Gasteiger partial charge in [-0.3, -0.25) is 4.79 Å². The van der Waals surface area contributed by atoms with Crippen LogP contribution >= 0.6 is 11.3 Å². The number of aromatic amines is 1. The van der Waals surface area contributed by atoms with Crippen molar-refractivity contribution in [1.82, 2.24) is 9.55 Å². The molecule has 0 amide bonds. The standard InChI is InChI=1S/C14H10N2O4S/c17-11(18)7-8-1-3-9(4-2-8)16-13(19)12-10(5-6-21-12)15-14(16)20/h1-6H,7H2,(H,15,20)(H,17,18)/p-1. The Kier molecular flexibility index (Phi) is 3.19. The number of carbonyl (C=O) groups is 1. The molecule has 21 heavy (non-hydrogen) atoms. The summed E-state index contributed by atoms with van der Waals surface area (Å²) in [6.07, 6.45) is -0.213. The lowest BCUT2D eigenvalue weighted by molar-refractivity contribution is -0.304. The summed E-state index contributed by atoms with van der Waals surface area (Å²) in [6.45, 7) is 0. The van der Waals surface area contributed by atoms with Crippen LogP contribution < -0.4 is 16.4 Å². The second kappa shape index (κ2) is 5.02. The number of nitrogens with one attached hydrogen (secondary N) is 1. The number of H-pyrrole nitrogens is 1. The molecule has 0 spiro atoms. The second-order valence-corrected chi connectivity index (χ2v) is 5.37. The molecular weight excluding hydrogens is 292 g/mol. The number of benzene rings is 1. The van der Waals surface area contributed by atoms with Crippen molar-refractivity contribution in [2.45, 2.75) is 6.42 Å². The molecule has 0 radical (unpaired) electrons. The fourth-order valence-electron chi connectivity index (χ4n) is 2.10. The van der Waals surface area contributed by atoms with Crippen LogP contribution in [0.4, 0.5) is 0 Å². The van der Waals surface area contributed by atoms with Gasteiger partial charge in [-0.1, -0.05) is 12.1 Å². The van der Waals surface area contributed by atoms with Crippen molar-refractivity contribution in [3.8, 4) is 5.69 Å². The second-order valence-electron chi connectivity index (χ2n) is 4.45. The molecular formula is C14H9N2O4S-. The van der Waals surface area contributed by atoms with Gasteiger partial charge in [-0.15, -0.1) is 11.3 Å². The maximum absolute atomic E-state index is 12.3. The summed E-state index contributed by atoms with van der Waals surface area (Å²) in [6, 6.07) is 7.85. The molecule has 0 atom stereocenters. The number of hydrogen-bond acceptors (Lipinski definition) is 5. The van der Waals surface area contributed by atoms with E-state index in [1.807, 2.05) is 0 Å². The van der Waals surface area contributed by atoms with E-state index in [9.17, 15) is 19.5 Å². The average molecular weight is 301 g/mol. The normalized spacial score (nSPS) is 10.9. The summed E-state index contributed by atoms with van der Waals surface area (Å²) >= 11 is 1.25. The number of nitrogens with zero attached hydrogens (tertiary/aromatic N) is 1. The first kappa shape index (κ1) is 13.3. The Bertz CT molecular complexity index is 934. The highest BCUT2D eigenvalue weighted by Gasteiger charge is 2.10. The molecule has 0 bridgehead atoms. The van der Waals surface area contributed by atoms with E-state index in [1.54, 1.807) is 23.6 Å². The van der Waals surface area contributed by atoms with E-state index >= 15 is 0 Å². The summed E-state index contributed by atoms with van der Waals surface area (Å²) in [5, 5.41) is 12.3. The van der Waals surface area contributed by atoms with Gasteiger partial charge in [0.2, 0.25) is 0 Å². The Hall–Kier alpha value is -2.67. The SMILES string of the molecule is O=C([O-])Cc1ccc(-n2c(=O)[nH]c3ccsc3c2=O)cc1. The summed E-state index contributed by atoms with van der Waals surface area (Å²) in [5.74, 6) is -1.18. The van der Waals surface area contributed by atoms with Gasteiger partial charge in [0.25, 0.3) is 5.56 Å². The van der Waals surface area contributed by atoms with Crippen molar-refractivity contribution < 1.29 is 9.90 Å². The zero-order valence-electron chi connectivity index (χ0n) is 10.7. The third-order valence-corrected chi connectivity index (χ3v) is 3.95. The molecule has 7 heteroatoms. The molecule has 1 N–H and O–H groups in total. The Balaban J connectivity index is 2.14. The van der Waals surface area contributed by atoms with E-state index < -0.39 is 17.2 Å². The highest BCUT2D eigenvalue weighted by molar-refractivity contribution is 7.17. The third kappa shape index (κ3) is 2.38. The van der Waals surface area contributed by atoms with Gasteiger partial charge in [-0.25, -0.2) is 9.36 Å². The van der Waals surface area contributed by atoms with Crippen LogP contribution in [0.15, 0.2) is 45.3 Å². The topological polar surface area (TPSA) is 95.0 Å². The minimum Gasteiger partial charge on any atom is -0.550 e. The van der Waals surface area contributed by atoms with Crippen molar-refractivity contribution in [1.29, 1.82) is 0 Å². The molecule has 3 rings (SSSR count). The van der Waals surface area contributed by atoms with Crippen LogP contribution in [0.25, 0.3) is 15.9 Å². The molecule has 0 fully saturated rings. The first-order chi connectivity index (χ1) is 10.1. The molecule has 2 aromatic heterocycles. The number of thiophene rings is 1. The van der Waals surface area contributed by atoms with Crippen LogP contribution in [0.5, 0.6) is 0 Å². The molecule has 0 saturated heterocycles. The number of carboxylic acids is 1. The highest BCUT2D eigenvalue weighted by Crippen LogP contribution is 2.14. The Labute approximate surface area is 121 Å². The maximum atomic E-state index is 12.3. The molecule has 0 aliphatic carbocycles. The van der Waals surface area contributed by atoms with E-state index in [4.69, 9.17) is 0 Å². The zero-order chi connectivity index (χ0) is 15.0. The average Bonchev–Trinajstić information content (AvgIpc) is 2.88. The quantitative estimate of drug-likeness (QED) is 0.738. The minimum absolute atomic E-state index is 0.213. The number of fused-ring (bicyclic) bond motifs is 1. The van der Waals surface area contributed by atoms with Gasteiger partial charge >= 0.3 is 5.69 Å². The third-order valence-electron chi connectivity index (χ3n) is 3.05. The highest BCUT2D eigenvalue weighted by atomic mass is 32.1. The first-order valence-corrected chi connectivity index (χ1v) is 6.96. The van der Waals surface area contributed by atoms with Gasteiger partial charge in [-0.2, -0.15) is 0 Å². The predicted molar refractivity (Wildman–Crippen MR) is 76.8 cm³/mol. The van der Waals surface area contributed by atoms with E-state index in [0.717, 1.165) is 4.57 Å². The van der Waals surface area contributed by atoms with Crippen LogP contribution in [-0.2, 0) is 11.2 Å². The molecule has 0 unspecified atom stereocenters. The van der Waals surface area contributed by atoms with Gasteiger partial charge in [0.05, 0.1) is 11.2 Å². The molecule has 0 aliphatic rings. The zero-order valence-corrected chi connectivity index (χ0v) is 11.5. The lowest BCUT2D eigenvalue weighted by Crippen LogP contribution is -2.33. The fourth-order valence-corrected chi connectivity index (χ4v) is 2.88. The monoisotopic (exact) mass is 301 g/mol. The van der Waals surface area contributed by atoms with Crippen LogP contribution in [-0.4, -0.2) is 15.5 Å². The maximum Gasteiger partial charge on any atom is 0.333 e. The predicted octanol–water partition coefficient (Wildman–Crippen LogP) is 0.0329. The number of aromatic nitrogens is 2. The largest absolute Gasteiger partial charge is 0.550 e. The molecule has 2 heterocycles. The van der Waals surface area contributed by atoms with Gasteiger partial charge in [-0.05, 0) is 29.1 Å². The summed E-state index contributed by atoms with van der Waals surface area (Å²) in [7, 11) is 0. The Morgan fingerprint density at radius 2 is 1.90 bits per heavy atom. The Morgan fingerprint density at radius 3 is 2.57 bits per heavy atom. The summed E-state index contributed by atoms with van der Waals surface area (Å²) in [5.41, 5.74) is 0.522. The minimum atomic E-state index is -1.18. The molecule has 3 aromatic rings. The van der Waals surface area contributed by atoms with Crippen molar-refractivity contribution in [3.05, 3.63) is 62.1 Å². The van der Waals surface area contributed by atoms with E-state index in [2.05, 4.69) is 4.98 Å². The van der Waals surface area contributed by atoms with Crippen LogP contribution in [0, 0.1) is 0 Å². The first-order valence-electron chi connectivity index (χ1n) is 6.08.